The smallest absolute Gasteiger partial charge is 0.255 e. The van der Waals surface area contributed by atoms with Crippen LogP contribution in [-0.2, 0) is 0 Å². The second-order valence-electron chi connectivity index (χ2n) is 3.86. The van der Waals surface area contributed by atoms with Crippen LogP contribution in [-0.4, -0.2) is 10.9 Å². The molecule has 0 bridgehead atoms. The summed E-state index contributed by atoms with van der Waals surface area (Å²) in [5.41, 5.74) is 2.66. The number of carbonyl (C=O) groups is 1. The first kappa shape index (κ1) is 10.5. The van der Waals surface area contributed by atoms with Crippen LogP contribution in [0, 0.1) is 0 Å². The molecule has 1 N–H and O–H groups in total. The molecule has 4 heteroatoms. The highest BCUT2D eigenvalue weighted by atomic mass is 16.3. The van der Waals surface area contributed by atoms with E-state index in [0.717, 1.165) is 11.2 Å². The fourth-order valence-electron chi connectivity index (χ4n) is 1.72. The molecule has 0 fully saturated rings. The van der Waals surface area contributed by atoms with Crippen LogP contribution in [0.5, 0.6) is 0 Å². The molecular formula is C14H10N2O2. The lowest BCUT2D eigenvalue weighted by Crippen LogP contribution is -2.11. The summed E-state index contributed by atoms with van der Waals surface area (Å²) in [5.74, 6) is -0.167. The van der Waals surface area contributed by atoms with E-state index in [1.165, 1.54) is 6.39 Å². The molecule has 1 heterocycles. The van der Waals surface area contributed by atoms with Gasteiger partial charge in [0.15, 0.2) is 12.0 Å². The number of nitrogens with zero attached hydrogens (tertiary/aromatic N) is 1. The molecule has 0 saturated carbocycles. The highest BCUT2D eigenvalue weighted by Gasteiger charge is 2.08. The number of benzene rings is 2. The van der Waals surface area contributed by atoms with Crippen LogP contribution in [0.2, 0.25) is 0 Å². The molecule has 0 aliphatic heterocycles. The number of carbonyl (C=O) groups excluding carboxylic acids is 1. The molecule has 88 valence electrons. The van der Waals surface area contributed by atoms with Gasteiger partial charge in [0.1, 0.15) is 5.52 Å². The normalized spacial score (nSPS) is 10.4. The largest absolute Gasteiger partial charge is 0.443 e. The monoisotopic (exact) mass is 238 g/mol. The van der Waals surface area contributed by atoms with Gasteiger partial charge < -0.3 is 9.73 Å². The molecule has 0 radical (unpaired) electrons. The van der Waals surface area contributed by atoms with Crippen LogP contribution in [0.4, 0.5) is 5.69 Å². The van der Waals surface area contributed by atoms with E-state index < -0.39 is 0 Å². The maximum Gasteiger partial charge on any atom is 0.255 e. The Balaban J connectivity index is 1.87. The van der Waals surface area contributed by atoms with Crippen LogP contribution < -0.4 is 5.32 Å². The number of fused-ring (bicyclic) bond motifs is 1. The molecule has 18 heavy (non-hydrogen) atoms. The first-order valence-corrected chi connectivity index (χ1v) is 5.52. The van der Waals surface area contributed by atoms with Gasteiger partial charge in [0.05, 0.1) is 0 Å². The Morgan fingerprint density at radius 3 is 2.78 bits per heavy atom. The van der Waals surface area contributed by atoms with Crippen molar-refractivity contribution < 1.29 is 9.21 Å². The summed E-state index contributed by atoms with van der Waals surface area (Å²) in [7, 11) is 0. The van der Waals surface area contributed by atoms with Gasteiger partial charge in [-0.2, -0.15) is 0 Å². The van der Waals surface area contributed by atoms with Crippen molar-refractivity contribution in [2.24, 2.45) is 0 Å². The third-order valence-electron chi connectivity index (χ3n) is 2.63. The first-order chi connectivity index (χ1) is 8.83. The lowest BCUT2D eigenvalue weighted by atomic mass is 10.2. The van der Waals surface area contributed by atoms with Crippen molar-refractivity contribution in [2.75, 3.05) is 5.32 Å². The predicted molar refractivity (Wildman–Crippen MR) is 68.4 cm³/mol. The van der Waals surface area contributed by atoms with Gasteiger partial charge in [0.25, 0.3) is 5.91 Å². The Bertz CT molecular complexity index is 689. The number of anilines is 1. The Morgan fingerprint density at radius 1 is 1.11 bits per heavy atom. The lowest BCUT2D eigenvalue weighted by molar-refractivity contribution is 0.102. The van der Waals surface area contributed by atoms with Gasteiger partial charge in [0, 0.05) is 11.3 Å². The number of oxazole rings is 1. The van der Waals surface area contributed by atoms with Crippen LogP contribution in [0.25, 0.3) is 11.1 Å². The molecule has 0 atom stereocenters. The number of hydrogen-bond acceptors (Lipinski definition) is 3. The van der Waals surface area contributed by atoms with Gasteiger partial charge in [-0.15, -0.1) is 0 Å². The summed E-state index contributed by atoms with van der Waals surface area (Å²) < 4.78 is 5.17. The van der Waals surface area contributed by atoms with Crippen LogP contribution in [0.15, 0.2) is 59.3 Å². The molecule has 3 rings (SSSR count). The third kappa shape index (κ3) is 1.96. The third-order valence-corrected chi connectivity index (χ3v) is 2.63. The van der Waals surface area contributed by atoms with Crippen molar-refractivity contribution in [1.82, 2.24) is 4.98 Å². The molecule has 0 aliphatic carbocycles. The van der Waals surface area contributed by atoms with Crippen molar-refractivity contribution in [2.45, 2.75) is 0 Å². The van der Waals surface area contributed by atoms with Gasteiger partial charge in [0.2, 0.25) is 0 Å². The molecule has 0 spiro atoms. The quantitative estimate of drug-likeness (QED) is 0.746. The Labute approximate surface area is 103 Å². The minimum atomic E-state index is -0.167. The van der Waals surface area contributed by atoms with Gasteiger partial charge >= 0.3 is 0 Å². The number of para-hydroxylation sites is 1. The standard InChI is InChI=1S/C14H10N2O2/c17-14(16-11-4-2-1-3-5-11)10-6-7-12-13(8-10)18-9-15-12/h1-9H,(H,16,17). The summed E-state index contributed by atoms with van der Waals surface area (Å²) in [6, 6.07) is 14.5. The van der Waals surface area contributed by atoms with Crippen molar-refractivity contribution in [3.8, 4) is 0 Å². The molecular weight excluding hydrogens is 228 g/mol. The van der Waals surface area contributed by atoms with E-state index in [2.05, 4.69) is 10.3 Å². The summed E-state index contributed by atoms with van der Waals surface area (Å²) in [4.78, 5) is 16.0. The number of hydrogen-bond donors (Lipinski definition) is 1. The Hall–Kier alpha value is -2.62. The second-order valence-corrected chi connectivity index (χ2v) is 3.86. The fourth-order valence-corrected chi connectivity index (χ4v) is 1.72. The Kier molecular flexibility index (Phi) is 2.53. The average molecular weight is 238 g/mol. The Morgan fingerprint density at radius 2 is 1.94 bits per heavy atom. The number of rotatable bonds is 2. The van der Waals surface area contributed by atoms with Gasteiger partial charge in [-0.3, -0.25) is 4.79 Å². The minimum absolute atomic E-state index is 0.167. The number of amides is 1. The molecule has 0 saturated heterocycles. The van der Waals surface area contributed by atoms with E-state index >= 15 is 0 Å². The summed E-state index contributed by atoms with van der Waals surface area (Å²) in [5, 5.41) is 2.81. The van der Waals surface area contributed by atoms with Gasteiger partial charge in [-0.05, 0) is 30.3 Å². The topological polar surface area (TPSA) is 55.1 Å². The maximum atomic E-state index is 12.0. The predicted octanol–water partition coefficient (Wildman–Crippen LogP) is 3.08. The van der Waals surface area contributed by atoms with Crippen LogP contribution in [0.3, 0.4) is 0 Å². The van der Waals surface area contributed by atoms with Crippen molar-refractivity contribution in [3.63, 3.8) is 0 Å². The SMILES string of the molecule is O=C(Nc1ccccc1)c1ccc2ncoc2c1. The molecule has 3 aromatic rings. The molecule has 0 unspecified atom stereocenters. The highest BCUT2D eigenvalue weighted by molar-refractivity contribution is 6.05. The minimum Gasteiger partial charge on any atom is -0.443 e. The van der Waals surface area contributed by atoms with E-state index in [9.17, 15) is 4.79 Å². The summed E-state index contributed by atoms with van der Waals surface area (Å²) in [6.07, 6.45) is 1.36. The molecule has 4 nitrogen and oxygen atoms in total. The number of aromatic nitrogens is 1. The average Bonchev–Trinajstić information content (AvgIpc) is 2.87. The van der Waals surface area contributed by atoms with E-state index in [1.807, 2.05) is 30.3 Å². The maximum absolute atomic E-state index is 12.0. The first-order valence-electron chi connectivity index (χ1n) is 5.52. The van der Waals surface area contributed by atoms with Gasteiger partial charge in [-0.25, -0.2) is 4.98 Å². The molecule has 2 aromatic carbocycles. The zero-order valence-electron chi connectivity index (χ0n) is 9.46. The van der Waals surface area contributed by atoms with Crippen molar-refractivity contribution in [1.29, 1.82) is 0 Å². The fraction of sp³-hybridized carbons (Fsp3) is 0. The van der Waals surface area contributed by atoms with E-state index in [0.29, 0.717) is 11.1 Å². The number of nitrogens with one attached hydrogen (secondary N) is 1. The molecule has 1 amide bonds. The summed E-state index contributed by atoms with van der Waals surface area (Å²) >= 11 is 0. The van der Waals surface area contributed by atoms with E-state index in [-0.39, 0.29) is 5.91 Å². The van der Waals surface area contributed by atoms with E-state index in [4.69, 9.17) is 4.42 Å². The zero-order valence-corrected chi connectivity index (χ0v) is 9.46. The molecule has 0 aliphatic rings. The highest BCUT2D eigenvalue weighted by Crippen LogP contribution is 2.15. The van der Waals surface area contributed by atoms with Gasteiger partial charge in [-0.1, -0.05) is 18.2 Å². The van der Waals surface area contributed by atoms with Crippen molar-refractivity contribution in [3.05, 3.63) is 60.5 Å². The van der Waals surface area contributed by atoms with Crippen molar-refractivity contribution >= 4 is 22.7 Å². The van der Waals surface area contributed by atoms with E-state index in [1.54, 1.807) is 18.2 Å². The second kappa shape index (κ2) is 4.33. The molecule has 1 aromatic heterocycles. The van der Waals surface area contributed by atoms with Crippen LogP contribution >= 0.6 is 0 Å². The van der Waals surface area contributed by atoms with Crippen LogP contribution in [0.1, 0.15) is 10.4 Å². The lowest BCUT2D eigenvalue weighted by Gasteiger charge is -2.04. The summed E-state index contributed by atoms with van der Waals surface area (Å²) in [6.45, 7) is 0. The zero-order chi connectivity index (χ0) is 12.4.